The Morgan fingerprint density at radius 1 is 0.947 bits per heavy atom. The number of carboxylic acid groups (broad SMARTS) is 1. The zero-order valence-electron chi connectivity index (χ0n) is 23.4. The van der Waals surface area contributed by atoms with Gasteiger partial charge in [0, 0.05) is 6.20 Å². The summed E-state index contributed by atoms with van der Waals surface area (Å²) < 4.78 is 1.78. The van der Waals surface area contributed by atoms with Crippen LogP contribution in [0, 0.1) is 6.92 Å². The van der Waals surface area contributed by atoms with Crippen molar-refractivity contribution in [3.63, 3.8) is 0 Å². The van der Waals surface area contributed by atoms with Crippen molar-refractivity contribution in [1.82, 2.24) is 25.0 Å². The molecule has 0 fully saturated rings. The van der Waals surface area contributed by atoms with Crippen molar-refractivity contribution in [1.29, 1.82) is 0 Å². The number of aryl methyl sites for hydroxylation is 1. The van der Waals surface area contributed by atoms with Gasteiger partial charge in [-0.3, -0.25) is 0 Å². The Morgan fingerprint density at radius 3 is 2.34 bits per heavy atom. The van der Waals surface area contributed by atoms with Crippen molar-refractivity contribution in [2.45, 2.75) is 72.3 Å². The summed E-state index contributed by atoms with van der Waals surface area (Å²) in [4.78, 5) is 21.0. The summed E-state index contributed by atoms with van der Waals surface area (Å²) in [6.45, 7) is 16.6. The lowest BCUT2D eigenvalue weighted by Crippen LogP contribution is -2.18. The number of nitrogens with zero attached hydrogens (tertiary/aromatic N) is 5. The smallest absolute Gasteiger partial charge is 0.335 e. The molecule has 1 unspecified atom stereocenters. The number of aromatic nitrogens is 5. The molecule has 1 aromatic carbocycles. The number of benzene rings is 1. The van der Waals surface area contributed by atoms with Crippen LogP contribution in [0.4, 0.5) is 11.6 Å². The number of hydrogen-bond donors (Lipinski definition) is 2. The van der Waals surface area contributed by atoms with Gasteiger partial charge in [-0.25, -0.2) is 19.4 Å². The summed E-state index contributed by atoms with van der Waals surface area (Å²) in [6.07, 6.45) is 3.68. The Morgan fingerprint density at radius 2 is 1.68 bits per heavy atom. The Labute approximate surface area is 224 Å². The van der Waals surface area contributed by atoms with Crippen LogP contribution in [0.25, 0.3) is 11.4 Å². The summed E-state index contributed by atoms with van der Waals surface area (Å²) in [7, 11) is 0. The van der Waals surface area contributed by atoms with E-state index in [1.165, 1.54) is 5.56 Å². The van der Waals surface area contributed by atoms with E-state index in [0.29, 0.717) is 22.8 Å². The summed E-state index contributed by atoms with van der Waals surface area (Å²) in [5.74, 6) is 0.492. The standard InChI is InChI=1S/C30H36N6O2/c1-18-13-24(32-27(14-18)33-26-16-21(11-12-31-26)29(3,4)5)25-17-36(35-34-25)19(2)20-9-10-22(28(37)38)23(15-20)30(6,7)8/h9-17,19H,1-8H3,(H,37,38)(H,31,32,33). The van der Waals surface area contributed by atoms with Gasteiger partial charge in [0.2, 0.25) is 0 Å². The molecule has 4 aromatic rings. The molecule has 0 saturated carbocycles. The van der Waals surface area contributed by atoms with Gasteiger partial charge in [-0.15, -0.1) is 5.10 Å². The maximum Gasteiger partial charge on any atom is 0.335 e. The molecule has 4 rings (SSSR count). The van der Waals surface area contributed by atoms with Crippen LogP contribution in [0.3, 0.4) is 0 Å². The van der Waals surface area contributed by atoms with E-state index in [1.807, 2.05) is 77.2 Å². The number of carboxylic acids is 1. The van der Waals surface area contributed by atoms with Gasteiger partial charge in [0.25, 0.3) is 0 Å². The van der Waals surface area contributed by atoms with Gasteiger partial charge < -0.3 is 10.4 Å². The number of hydrogen-bond acceptors (Lipinski definition) is 6. The average Bonchev–Trinajstić information content (AvgIpc) is 3.32. The average molecular weight is 513 g/mol. The van der Waals surface area contributed by atoms with Gasteiger partial charge in [-0.2, -0.15) is 0 Å². The molecule has 0 aliphatic rings. The van der Waals surface area contributed by atoms with E-state index >= 15 is 0 Å². The summed E-state index contributed by atoms with van der Waals surface area (Å²) in [5, 5.41) is 21.8. The van der Waals surface area contributed by atoms with E-state index in [1.54, 1.807) is 16.9 Å². The summed E-state index contributed by atoms with van der Waals surface area (Å²) >= 11 is 0. The number of pyridine rings is 2. The Kier molecular flexibility index (Phi) is 7.10. The summed E-state index contributed by atoms with van der Waals surface area (Å²) in [6, 6.07) is 13.4. The molecular weight excluding hydrogens is 476 g/mol. The fourth-order valence-corrected chi connectivity index (χ4v) is 4.32. The maximum atomic E-state index is 11.8. The molecule has 3 heterocycles. The molecule has 0 aliphatic heterocycles. The SMILES string of the molecule is Cc1cc(Nc2cc(C(C)(C)C)ccn2)nc(-c2cn(C(C)c3ccc(C(=O)O)c(C(C)(C)C)c3)nn2)c1. The highest BCUT2D eigenvalue weighted by Crippen LogP contribution is 2.31. The topological polar surface area (TPSA) is 106 Å². The zero-order valence-corrected chi connectivity index (χ0v) is 23.4. The van der Waals surface area contributed by atoms with Crippen LogP contribution < -0.4 is 5.32 Å². The highest BCUT2D eigenvalue weighted by Gasteiger charge is 2.24. The molecule has 0 radical (unpaired) electrons. The lowest BCUT2D eigenvalue weighted by atomic mass is 9.82. The molecule has 3 aromatic heterocycles. The minimum absolute atomic E-state index is 0.0152. The second-order valence-corrected chi connectivity index (χ2v) is 11.8. The monoisotopic (exact) mass is 512 g/mol. The lowest BCUT2D eigenvalue weighted by molar-refractivity contribution is 0.0694. The first-order valence-electron chi connectivity index (χ1n) is 12.7. The molecule has 8 nitrogen and oxygen atoms in total. The van der Waals surface area contributed by atoms with Crippen molar-refractivity contribution in [2.24, 2.45) is 0 Å². The minimum atomic E-state index is -0.924. The van der Waals surface area contributed by atoms with Crippen molar-refractivity contribution in [3.8, 4) is 11.4 Å². The molecular formula is C30H36N6O2. The number of nitrogens with one attached hydrogen (secondary N) is 1. The first kappa shape index (κ1) is 27.0. The van der Waals surface area contributed by atoms with Crippen LogP contribution in [-0.4, -0.2) is 36.0 Å². The van der Waals surface area contributed by atoms with Crippen molar-refractivity contribution in [3.05, 3.63) is 82.7 Å². The second kappa shape index (κ2) is 10.0. The molecule has 0 saturated heterocycles. The summed E-state index contributed by atoms with van der Waals surface area (Å²) in [5.41, 5.74) is 5.34. The Balaban J connectivity index is 1.62. The molecule has 38 heavy (non-hydrogen) atoms. The van der Waals surface area contributed by atoms with E-state index in [-0.39, 0.29) is 16.9 Å². The quantitative estimate of drug-likeness (QED) is 0.296. The minimum Gasteiger partial charge on any atom is -0.478 e. The van der Waals surface area contributed by atoms with Gasteiger partial charge in [0.15, 0.2) is 0 Å². The van der Waals surface area contributed by atoms with Gasteiger partial charge >= 0.3 is 5.97 Å². The van der Waals surface area contributed by atoms with E-state index in [2.05, 4.69) is 41.4 Å². The van der Waals surface area contributed by atoms with Crippen LogP contribution in [-0.2, 0) is 10.8 Å². The first-order chi connectivity index (χ1) is 17.7. The fraction of sp³-hybridized carbons (Fsp3) is 0.367. The number of rotatable bonds is 6. The highest BCUT2D eigenvalue weighted by atomic mass is 16.4. The van der Waals surface area contributed by atoms with Crippen LogP contribution in [0.15, 0.2) is 54.9 Å². The van der Waals surface area contributed by atoms with Crippen molar-refractivity contribution < 1.29 is 9.90 Å². The van der Waals surface area contributed by atoms with Gasteiger partial charge in [0.05, 0.1) is 23.5 Å². The van der Waals surface area contributed by atoms with E-state index in [4.69, 9.17) is 4.98 Å². The van der Waals surface area contributed by atoms with Crippen LogP contribution in [0.5, 0.6) is 0 Å². The molecule has 8 heteroatoms. The Hall–Kier alpha value is -4.07. The van der Waals surface area contributed by atoms with Gasteiger partial charge in [-0.05, 0) is 77.3 Å². The molecule has 1 atom stereocenters. The number of carbonyl (C=O) groups is 1. The predicted molar refractivity (Wildman–Crippen MR) is 150 cm³/mol. The largest absolute Gasteiger partial charge is 0.478 e. The van der Waals surface area contributed by atoms with Gasteiger partial charge in [0.1, 0.15) is 17.3 Å². The molecule has 198 valence electrons. The highest BCUT2D eigenvalue weighted by molar-refractivity contribution is 5.90. The molecule has 0 bridgehead atoms. The van der Waals surface area contributed by atoms with Crippen LogP contribution in [0.2, 0.25) is 0 Å². The van der Waals surface area contributed by atoms with Gasteiger partial charge in [-0.1, -0.05) is 58.9 Å². The molecule has 0 spiro atoms. The molecule has 2 N–H and O–H groups in total. The van der Waals surface area contributed by atoms with E-state index < -0.39 is 5.97 Å². The van der Waals surface area contributed by atoms with E-state index in [0.717, 1.165) is 22.5 Å². The third-order valence-corrected chi connectivity index (χ3v) is 6.59. The normalized spacial score (nSPS) is 12.8. The van der Waals surface area contributed by atoms with Crippen LogP contribution in [0.1, 0.15) is 87.1 Å². The lowest BCUT2D eigenvalue weighted by Gasteiger charge is -2.23. The zero-order chi connectivity index (χ0) is 27.8. The van der Waals surface area contributed by atoms with Crippen LogP contribution >= 0.6 is 0 Å². The first-order valence-corrected chi connectivity index (χ1v) is 12.7. The predicted octanol–water partition coefficient (Wildman–Crippen LogP) is 6.69. The number of aromatic carboxylic acids is 1. The number of anilines is 2. The third kappa shape index (κ3) is 5.90. The third-order valence-electron chi connectivity index (χ3n) is 6.59. The second-order valence-electron chi connectivity index (χ2n) is 11.8. The molecule has 0 amide bonds. The molecule has 0 aliphatic carbocycles. The Bertz CT molecular complexity index is 1480. The fourth-order valence-electron chi connectivity index (χ4n) is 4.32. The van der Waals surface area contributed by atoms with Crippen molar-refractivity contribution >= 4 is 17.6 Å². The van der Waals surface area contributed by atoms with Crippen molar-refractivity contribution in [2.75, 3.05) is 5.32 Å². The maximum absolute atomic E-state index is 11.8. The van der Waals surface area contributed by atoms with E-state index in [9.17, 15) is 9.90 Å².